The van der Waals surface area contributed by atoms with Gasteiger partial charge in [0.15, 0.2) is 0 Å². The van der Waals surface area contributed by atoms with Gasteiger partial charge in [-0.25, -0.2) is 0 Å². The Hall–Kier alpha value is -1.83. The van der Waals surface area contributed by atoms with Crippen molar-refractivity contribution in [3.63, 3.8) is 0 Å². The highest BCUT2D eigenvalue weighted by Crippen LogP contribution is 2.29. The van der Waals surface area contributed by atoms with Crippen molar-refractivity contribution >= 4 is 0 Å². The summed E-state index contributed by atoms with van der Waals surface area (Å²) in [5.41, 5.74) is 3.46. The van der Waals surface area contributed by atoms with E-state index in [1.807, 2.05) is 18.3 Å². The normalized spacial score (nSPS) is 12.1. The molecule has 2 nitrogen and oxygen atoms in total. The van der Waals surface area contributed by atoms with E-state index in [0.717, 1.165) is 36.5 Å². The fourth-order valence-corrected chi connectivity index (χ4v) is 2.51. The molecule has 1 atom stereocenters. The minimum atomic E-state index is 0.566. The van der Waals surface area contributed by atoms with Crippen molar-refractivity contribution in [3.05, 3.63) is 48.2 Å². The number of aryl methyl sites for hydroxylation is 1. The van der Waals surface area contributed by atoms with Gasteiger partial charge in [0.05, 0.1) is 12.3 Å². The number of aromatic nitrogens is 1. The van der Waals surface area contributed by atoms with Crippen LogP contribution in [0.4, 0.5) is 0 Å². The van der Waals surface area contributed by atoms with E-state index in [2.05, 4.69) is 50.0 Å². The summed E-state index contributed by atoms with van der Waals surface area (Å²) in [7, 11) is 0. The van der Waals surface area contributed by atoms with Gasteiger partial charge in [-0.3, -0.25) is 4.98 Å². The number of ether oxygens (including phenoxy) is 1. The SMILES string of the molecule is CCCCCc1ccnc(-c2ccccc2OCC(C)CC)c1. The third kappa shape index (κ3) is 5.38. The summed E-state index contributed by atoms with van der Waals surface area (Å²) in [5.74, 6) is 1.50. The molecule has 23 heavy (non-hydrogen) atoms. The number of hydrogen-bond donors (Lipinski definition) is 0. The van der Waals surface area contributed by atoms with Crippen molar-refractivity contribution < 1.29 is 4.74 Å². The highest BCUT2D eigenvalue weighted by molar-refractivity contribution is 5.67. The molecule has 1 aromatic carbocycles. The summed E-state index contributed by atoms with van der Waals surface area (Å²) >= 11 is 0. The van der Waals surface area contributed by atoms with Gasteiger partial charge in [-0.1, -0.05) is 52.2 Å². The van der Waals surface area contributed by atoms with Crippen molar-refractivity contribution in [3.8, 4) is 17.0 Å². The second-order valence-electron chi connectivity index (χ2n) is 6.33. The van der Waals surface area contributed by atoms with Crippen LogP contribution in [0, 0.1) is 5.92 Å². The maximum absolute atomic E-state index is 6.04. The lowest BCUT2D eigenvalue weighted by molar-refractivity contribution is 0.257. The summed E-state index contributed by atoms with van der Waals surface area (Å²) in [6.45, 7) is 7.41. The monoisotopic (exact) mass is 311 g/mol. The summed E-state index contributed by atoms with van der Waals surface area (Å²) in [4.78, 5) is 4.57. The van der Waals surface area contributed by atoms with Crippen LogP contribution in [-0.4, -0.2) is 11.6 Å². The first-order chi connectivity index (χ1) is 11.2. The number of rotatable bonds is 9. The molecule has 1 unspecified atom stereocenters. The summed E-state index contributed by atoms with van der Waals surface area (Å²) in [5, 5.41) is 0. The van der Waals surface area contributed by atoms with E-state index in [1.54, 1.807) is 0 Å². The van der Waals surface area contributed by atoms with E-state index < -0.39 is 0 Å². The fourth-order valence-electron chi connectivity index (χ4n) is 2.51. The molecule has 2 rings (SSSR count). The first-order valence-corrected chi connectivity index (χ1v) is 8.91. The standard InChI is InChI=1S/C21H29NO/c1-4-6-7-10-18-13-14-22-20(15-18)19-11-8-9-12-21(19)23-16-17(3)5-2/h8-9,11-15,17H,4-7,10,16H2,1-3H3. The smallest absolute Gasteiger partial charge is 0.128 e. The number of benzene rings is 1. The van der Waals surface area contributed by atoms with Crippen molar-refractivity contribution in [1.82, 2.24) is 4.98 Å². The highest BCUT2D eigenvalue weighted by atomic mass is 16.5. The van der Waals surface area contributed by atoms with Crippen LogP contribution in [-0.2, 0) is 6.42 Å². The quantitative estimate of drug-likeness (QED) is 0.537. The van der Waals surface area contributed by atoms with Gasteiger partial charge in [0.25, 0.3) is 0 Å². The zero-order valence-electron chi connectivity index (χ0n) is 14.7. The topological polar surface area (TPSA) is 22.1 Å². The molecule has 1 aromatic heterocycles. The van der Waals surface area contributed by atoms with Gasteiger partial charge < -0.3 is 4.74 Å². The Labute approximate surface area is 140 Å². The predicted molar refractivity (Wildman–Crippen MR) is 97.9 cm³/mol. The molecule has 0 N–H and O–H groups in total. The number of pyridine rings is 1. The van der Waals surface area contributed by atoms with E-state index in [4.69, 9.17) is 4.74 Å². The molecule has 0 aliphatic carbocycles. The lowest BCUT2D eigenvalue weighted by Crippen LogP contribution is -2.08. The molecule has 0 fully saturated rings. The number of nitrogens with zero attached hydrogens (tertiary/aromatic N) is 1. The zero-order chi connectivity index (χ0) is 16.5. The van der Waals surface area contributed by atoms with E-state index >= 15 is 0 Å². The van der Waals surface area contributed by atoms with E-state index in [-0.39, 0.29) is 0 Å². The Morgan fingerprint density at radius 2 is 1.91 bits per heavy atom. The molecule has 2 aromatic rings. The molecule has 0 saturated carbocycles. The number of unbranched alkanes of at least 4 members (excludes halogenated alkanes) is 2. The van der Waals surface area contributed by atoms with E-state index in [9.17, 15) is 0 Å². The molecule has 1 heterocycles. The van der Waals surface area contributed by atoms with Gasteiger partial charge in [0.1, 0.15) is 5.75 Å². The second kappa shape index (κ2) is 9.34. The van der Waals surface area contributed by atoms with Crippen LogP contribution < -0.4 is 4.74 Å². The minimum absolute atomic E-state index is 0.566. The summed E-state index contributed by atoms with van der Waals surface area (Å²) < 4.78 is 6.04. The van der Waals surface area contributed by atoms with Gasteiger partial charge in [0, 0.05) is 11.8 Å². The van der Waals surface area contributed by atoms with Crippen LogP contribution in [0.5, 0.6) is 5.75 Å². The fraction of sp³-hybridized carbons (Fsp3) is 0.476. The molecule has 0 aliphatic heterocycles. The third-order valence-electron chi connectivity index (χ3n) is 4.28. The maximum Gasteiger partial charge on any atom is 0.128 e. The van der Waals surface area contributed by atoms with Crippen molar-refractivity contribution in [2.24, 2.45) is 5.92 Å². The van der Waals surface area contributed by atoms with Crippen LogP contribution in [0.3, 0.4) is 0 Å². The molecule has 2 heteroatoms. The molecule has 124 valence electrons. The minimum Gasteiger partial charge on any atom is -0.493 e. The van der Waals surface area contributed by atoms with Gasteiger partial charge in [0.2, 0.25) is 0 Å². The molecule has 0 radical (unpaired) electrons. The first kappa shape index (κ1) is 17.5. The van der Waals surface area contributed by atoms with Gasteiger partial charge in [-0.15, -0.1) is 0 Å². The maximum atomic E-state index is 6.04. The second-order valence-corrected chi connectivity index (χ2v) is 6.33. The molecular formula is C21H29NO. The summed E-state index contributed by atoms with van der Waals surface area (Å²) in [6.07, 6.45) is 7.96. The average molecular weight is 311 g/mol. The Kier molecular flexibility index (Phi) is 7.12. The van der Waals surface area contributed by atoms with E-state index in [1.165, 1.54) is 24.8 Å². The van der Waals surface area contributed by atoms with Gasteiger partial charge in [-0.2, -0.15) is 0 Å². The lowest BCUT2D eigenvalue weighted by atomic mass is 10.0. The van der Waals surface area contributed by atoms with E-state index in [0.29, 0.717) is 5.92 Å². The van der Waals surface area contributed by atoms with Gasteiger partial charge in [-0.05, 0) is 48.6 Å². The zero-order valence-corrected chi connectivity index (χ0v) is 14.7. The third-order valence-corrected chi connectivity index (χ3v) is 4.28. The molecule has 0 bridgehead atoms. The first-order valence-electron chi connectivity index (χ1n) is 8.91. The Bertz CT molecular complexity index is 594. The van der Waals surface area contributed by atoms with Crippen LogP contribution in [0.2, 0.25) is 0 Å². The van der Waals surface area contributed by atoms with Crippen molar-refractivity contribution in [2.75, 3.05) is 6.61 Å². The molecule has 0 amide bonds. The molecule has 0 spiro atoms. The number of hydrogen-bond acceptors (Lipinski definition) is 2. The highest BCUT2D eigenvalue weighted by Gasteiger charge is 2.09. The van der Waals surface area contributed by atoms with Crippen LogP contribution in [0.15, 0.2) is 42.6 Å². The van der Waals surface area contributed by atoms with Crippen LogP contribution >= 0.6 is 0 Å². The predicted octanol–water partition coefficient (Wildman–Crippen LogP) is 5.91. The molecule has 0 aliphatic rings. The summed E-state index contributed by atoms with van der Waals surface area (Å²) in [6, 6.07) is 12.6. The van der Waals surface area contributed by atoms with Crippen LogP contribution in [0.25, 0.3) is 11.3 Å². The Morgan fingerprint density at radius 3 is 2.70 bits per heavy atom. The average Bonchev–Trinajstić information content (AvgIpc) is 2.60. The van der Waals surface area contributed by atoms with Crippen molar-refractivity contribution in [1.29, 1.82) is 0 Å². The lowest BCUT2D eigenvalue weighted by Gasteiger charge is -2.14. The van der Waals surface area contributed by atoms with Gasteiger partial charge >= 0.3 is 0 Å². The van der Waals surface area contributed by atoms with Crippen LogP contribution in [0.1, 0.15) is 52.0 Å². The largest absolute Gasteiger partial charge is 0.493 e. The Balaban J connectivity index is 2.16. The Morgan fingerprint density at radius 1 is 1.09 bits per heavy atom. The molecule has 0 saturated heterocycles. The molecular weight excluding hydrogens is 282 g/mol. The number of para-hydroxylation sites is 1. The van der Waals surface area contributed by atoms with Crippen molar-refractivity contribution in [2.45, 2.75) is 52.9 Å².